The van der Waals surface area contributed by atoms with Crippen molar-refractivity contribution in [2.24, 2.45) is 11.7 Å². The number of urea groups is 1. The van der Waals surface area contributed by atoms with Gasteiger partial charge in [0.25, 0.3) is 0 Å². The predicted octanol–water partition coefficient (Wildman–Crippen LogP) is -0.253. The van der Waals surface area contributed by atoms with E-state index < -0.39 is 30.0 Å². The quantitative estimate of drug-likeness (QED) is 0.571. The second kappa shape index (κ2) is 7.52. The normalized spacial score (nSPS) is 13.6. The lowest BCUT2D eigenvalue weighted by Gasteiger charge is -2.22. The van der Waals surface area contributed by atoms with E-state index in [2.05, 4.69) is 10.6 Å². The average Bonchev–Trinajstić information content (AvgIpc) is 2.25. The van der Waals surface area contributed by atoms with Gasteiger partial charge in [-0.2, -0.15) is 0 Å². The van der Waals surface area contributed by atoms with E-state index in [1.54, 1.807) is 20.8 Å². The van der Waals surface area contributed by atoms with Crippen LogP contribution in [-0.2, 0) is 14.3 Å². The molecule has 0 aliphatic heterocycles. The molecular weight excluding hydrogens is 238 g/mol. The van der Waals surface area contributed by atoms with Crippen LogP contribution in [0.3, 0.4) is 0 Å². The first-order chi connectivity index (χ1) is 8.29. The number of esters is 1. The summed E-state index contributed by atoms with van der Waals surface area (Å²) in [4.78, 5) is 34.0. The Morgan fingerprint density at radius 3 is 2.11 bits per heavy atom. The Bertz CT molecular complexity index is 317. The Morgan fingerprint density at radius 2 is 1.72 bits per heavy atom. The van der Waals surface area contributed by atoms with E-state index in [1.165, 1.54) is 6.92 Å². The van der Waals surface area contributed by atoms with Crippen LogP contribution >= 0.6 is 0 Å². The molecule has 7 heteroatoms. The molecule has 7 nitrogen and oxygen atoms in total. The predicted molar refractivity (Wildman–Crippen MR) is 65.6 cm³/mol. The van der Waals surface area contributed by atoms with Crippen molar-refractivity contribution < 1.29 is 19.1 Å². The molecule has 4 N–H and O–H groups in total. The van der Waals surface area contributed by atoms with Gasteiger partial charge >= 0.3 is 12.0 Å². The lowest BCUT2D eigenvalue weighted by atomic mass is 10.0. The number of nitrogens with two attached hydrogens (primary N) is 1. The number of carbonyl (C=O) groups excluding carboxylic acids is 3. The Morgan fingerprint density at radius 1 is 1.17 bits per heavy atom. The van der Waals surface area contributed by atoms with Crippen LogP contribution in [0.15, 0.2) is 0 Å². The van der Waals surface area contributed by atoms with Crippen molar-refractivity contribution in [1.82, 2.24) is 10.6 Å². The zero-order valence-corrected chi connectivity index (χ0v) is 11.1. The van der Waals surface area contributed by atoms with Gasteiger partial charge in [0.1, 0.15) is 12.1 Å². The van der Waals surface area contributed by atoms with Crippen molar-refractivity contribution in [3.63, 3.8) is 0 Å². The smallest absolute Gasteiger partial charge is 0.328 e. The van der Waals surface area contributed by atoms with Crippen LogP contribution in [0.4, 0.5) is 4.79 Å². The molecule has 0 spiro atoms. The molecule has 0 aromatic rings. The Hall–Kier alpha value is -1.79. The van der Waals surface area contributed by atoms with Crippen molar-refractivity contribution in [3.8, 4) is 0 Å². The third kappa shape index (κ3) is 5.51. The second-order valence-corrected chi connectivity index (χ2v) is 4.21. The van der Waals surface area contributed by atoms with Crippen LogP contribution in [0.5, 0.6) is 0 Å². The Balaban J connectivity index is 4.51. The highest BCUT2D eigenvalue weighted by Crippen LogP contribution is 2.02. The number of hydrogen-bond donors (Lipinski definition) is 3. The van der Waals surface area contributed by atoms with Crippen LogP contribution in [0, 0.1) is 5.92 Å². The second-order valence-electron chi connectivity index (χ2n) is 4.21. The summed E-state index contributed by atoms with van der Waals surface area (Å²) in [6.07, 6.45) is 0. The van der Waals surface area contributed by atoms with Crippen LogP contribution in [0.2, 0.25) is 0 Å². The number of ether oxygens (including phenoxy) is 1. The number of primary amides is 1. The van der Waals surface area contributed by atoms with Crippen molar-refractivity contribution >= 4 is 17.9 Å². The summed E-state index contributed by atoms with van der Waals surface area (Å²) in [7, 11) is 0. The first-order valence-electron chi connectivity index (χ1n) is 5.82. The minimum Gasteiger partial charge on any atom is -0.464 e. The fourth-order valence-corrected chi connectivity index (χ4v) is 1.32. The molecule has 0 aromatic carbocycles. The number of carbonyl (C=O) groups is 3. The molecule has 0 aliphatic rings. The molecule has 0 rings (SSSR count). The highest BCUT2D eigenvalue weighted by Gasteiger charge is 2.26. The molecule has 18 heavy (non-hydrogen) atoms. The van der Waals surface area contributed by atoms with Gasteiger partial charge in [-0.05, 0) is 19.8 Å². The number of amides is 3. The topological polar surface area (TPSA) is 111 Å². The minimum atomic E-state index is -0.785. The van der Waals surface area contributed by atoms with Gasteiger partial charge in [-0.3, -0.25) is 4.79 Å². The van der Waals surface area contributed by atoms with E-state index in [1.807, 2.05) is 0 Å². The van der Waals surface area contributed by atoms with Gasteiger partial charge in [0.15, 0.2) is 0 Å². The molecule has 0 saturated heterocycles. The SMILES string of the molecule is CCOC(=O)C(C)NC(=O)C(NC(N)=O)C(C)C. The number of rotatable bonds is 6. The van der Waals surface area contributed by atoms with Crippen molar-refractivity contribution in [3.05, 3.63) is 0 Å². The molecule has 0 aromatic heterocycles. The standard InChI is InChI=1S/C11H21N3O4/c1-5-18-10(16)7(4)13-9(15)8(6(2)3)14-11(12)17/h6-8H,5H2,1-4H3,(H,13,15)(H3,12,14,17). The third-order valence-electron chi connectivity index (χ3n) is 2.25. The monoisotopic (exact) mass is 259 g/mol. The lowest BCUT2D eigenvalue weighted by molar-refractivity contribution is -0.147. The molecule has 104 valence electrons. The molecule has 0 radical (unpaired) electrons. The van der Waals surface area contributed by atoms with Crippen molar-refractivity contribution in [2.45, 2.75) is 39.8 Å². The van der Waals surface area contributed by atoms with Crippen molar-refractivity contribution in [2.75, 3.05) is 6.61 Å². The van der Waals surface area contributed by atoms with Crippen LogP contribution < -0.4 is 16.4 Å². The summed E-state index contributed by atoms with van der Waals surface area (Å²) in [5, 5.41) is 4.80. The molecule has 0 bridgehead atoms. The summed E-state index contributed by atoms with van der Waals surface area (Å²) < 4.78 is 4.76. The van der Waals surface area contributed by atoms with Gasteiger partial charge in [-0.1, -0.05) is 13.8 Å². The van der Waals surface area contributed by atoms with Gasteiger partial charge < -0.3 is 21.1 Å². The molecule has 2 unspecified atom stereocenters. The Kier molecular flexibility index (Phi) is 6.77. The van der Waals surface area contributed by atoms with E-state index >= 15 is 0 Å². The summed E-state index contributed by atoms with van der Waals surface area (Å²) >= 11 is 0. The molecule has 0 saturated carbocycles. The summed E-state index contributed by atoms with van der Waals surface area (Å²) in [5.74, 6) is -1.14. The maximum Gasteiger partial charge on any atom is 0.328 e. The first kappa shape index (κ1) is 16.2. The first-order valence-corrected chi connectivity index (χ1v) is 5.82. The average molecular weight is 259 g/mol. The van der Waals surface area contributed by atoms with Crippen LogP contribution in [0.1, 0.15) is 27.7 Å². The largest absolute Gasteiger partial charge is 0.464 e. The molecule has 3 amide bonds. The maximum atomic E-state index is 11.9. The summed E-state index contributed by atoms with van der Waals surface area (Å²) in [6, 6.07) is -2.33. The Labute approximate surface area is 106 Å². The number of hydrogen-bond acceptors (Lipinski definition) is 4. The molecule has 2 atom stereocenters. The van der Waals surface area contributed by atoms with Gasteiger partial charge in [-0.25, -0.2) is 9.59 Å². The number of nitrogens with one attached hydrogen (secondary N) is 2. The van der Waals surface area contributed by atoms with Crippen LogP contribution in [0.25, 0.3) is 0 Å². The molecular formula is C11H21N3O4. The molecule has 0 fully saturated rings. The molecule has 0 aliphatic carbocycles. The van der Waals surface area contributed by atoms with E-state index in [0.717, 1.165) is 0 Å². The van der Waals surface area contributed by atoms with E-state index in [4.69, 9.17) is 10.5 Å². The molecule has 0 heterocycles. The highest BCUT2D eigenvalue weighted by molar-refractivity contribution is 5.90. The van der Waals surface area contributed by atoms with E-state index in [0.29, 0.717) is 0 Å². The van der Waals surface area contributed by atoms with E-state index in [-0.39, 0.29) is 12.5 Å². The van der Waals surface area contributed by atoms with E-state index in [9.17, 15) is 14.4 Å². The van der Waals surface area contributed by atoms with Gasteiger partial charge in [0.05, 0.1) is 6.61 Å². The summed E-state index contributed by atoms with van der Waals surface area (Å²) in [5.41, 5.74) is 4.99. The fraction of sp³-hybridized carbons (Fsp3) is 0.727. The fourth-order valence-electron chi connectivity index (χ4n) is 1.32. The maximum absolute atomic E-state index is 11.9. The third-order valence-corrected chi connectivity index (χ3v) is 2.25. The van der Waals surface area contributed by atoms with Gasteiger partial charge in [0, 0.05) is 0 Å². The van der Waals surface area contributed by atoms with Gasteiger partial charge in [-0.15, -0.1) is 0 Å². The highest BCUT2D eigenvalue weighted by atomic mass is 16.5. The zero-order valence-electron chi connectivity index (χ0n) is 11.1. The van der Waals surface area contributed by atoms with Gasteiger partial charge in [0.2, 0.25) is 5.91 Å². The van der Waals surface area contributed by atoms with Crippen molar-refractivity contribution in [1.29, 1.82) is 0 Å². The summed E-state index contributed by atoms with van der Waals surface area (Å²) in [6.45, 7) is 6.95. The van der Waals surface area contributed by atoms with Crippen LogP contribution in [-0.4, -0.2) is 36.6 Å². The minimum absolute atomic E-state index is 0.146. The zero-order chi connectivity index (χ0) is 14.3. The lowest BCUT2D eigenvalue weighted by Crippen LogP contribution is -2.54.